The molecule has 0 N–H and O–H groups in total. The van der Waals surface area contributed by atoms with Crippen LogP contribution in [0.1, 0.15) is 0 Å². The molecule has 0 aliphatic carbocycles. The van der Waals surface area contributed by atoms with Crippen molar-refractivity contribution in [1.29, 1.82) is 0 Å². The molecule has 0 unspecified atom stereocenters. The summed E-state index contributed by atoms with van der Waals surface area (Å²) in [5, 5.41) is 5.62. The van der Waals surface area contributed by atoms with Crippen LogP contribution in [0, 0.1) is 0 Å². The summed E-state index contributed by atoms with van der Waals surface area (Å²) in [6, 6.07) is 58.5. The summed E-state index contributed by atoms with van der Waals surface area (Å²) in [5.41, 5.74) is 9.53. The van der Waals surface area contributed by atoms with E-state index in [2.05, 4.69) is 103 Å². The topological polar surface area (TPSA) is 64.7 Å². The van der Waals surface area contributed by atoms with E-state index in [-0.39, 0.29) is 0 Å². The smallest absolute Gasteiger partial charge is 0.164 e. The Kier molecular flexibility index (Phi) is 6.97. The largest absolute Gasteiger partial charge is 0.455 e. The first-order valence-electron chi connectivity index (χ1n) is 17.9. The zero-order valence-electron chi connectivity index (χ0n) is 28.8. The van der Waals surface area contributed by atoms with E-state index in [9.17, 15) is 0 Å². The Morgan fingerprint density at radius 3 is 1.83 bits per heavy atom. The maximum Gasteiger partial charge on any atom is 0.164 e. The number of furan rings is 1. The normalized spacial score (nSPS) is 11.7. The van der Waals surface area contributed by atoms with Crippen molar-refractivity contribution in [3.63, 3.8) is 0 Å². The summed E-state index contributed by atoms with van der Waals surface area (Å²) >= 11 is 1.83. The van der Waals surface area contributed by atoms with E-state index >= 15 is 0 Å². The Morgan fingerprint density at radius 2 is 1.00 bits per heavy atom. The number of rotatable bonds is 5. The molecule has 0 saturated heterocycles. The number of nitrogens with zero attached hydrogens (tertiary/aromatic N) is 4. The average molecular weight is 709 g/mol. The SMILES string of the molecule is c1ccc(-c2nc(-c3ccc(-c4nc5ccccc5c5oc6ccccc6c45)cc3)nc(-c3cccc(-c4cccc5c4sc4ccccc45)c3)n2)cc1. The quantitative estimate of drug-likeness (QED) is 0.178. The molecule has 0 atom stereocenters. The van der Waals surface area contributed by atoms with E-state index in [1.54, 1.807) is 0 Å². The third-order valence-electron chi connectivity index (χ3n) is 10.1. The van der Waals surface area contributed by atoms with Gasteiger partial charge in [0.15, 0.2) is 17.5 Å². The molecule has 54 heavy (non-hydrogen) atoms. The standard InChI is InChI=1S/C48H28N4OS/c1-2-12-30(13-3-1)46-50-47(52-48(51-46)33-15-10-14-32(28-33)34-19-11-20-36-35-16-6-9-23-41(35)54-45(34)36)31-26-24-29(25-27-31)43-42-38-18-5-8-22-40(38)53-44(42)37-17-4-7-21-39(37)49-43/h1-28H. The van der Waals surface area contributed by atoms with E-state index in [0.29, 0.717) is 17.5 Å². The molecule has 0 aliphatic heterocycles. The van der Waals surface area contributed by atoms with Gasteiger partial charge >= 0.3 is 0 Å². The molecule has 0 spiro atoms. The molecule has 0 bridgehead atoms. The second-order valence-corrected chi connectivity index (χ2v) is 14.4. The van der Waals surface area contributed by atoms with Crippen LogP contribution in [0.2, 0.25) is 0 Å². The molecule has 4 heterocycles. The van der Waals surface area contributed by atoms with Gasteiger partial charge in [0.1, 0.15) is 11.2 Å². The lowest BCUT2D eigenvalue weighted by atomic mass is 10.0. The van der Waals surface area contributed by atoms with Crippen LogP contribution in [0.15, 0.2) is 174 Å². The first-order valence-corrected chi connectivity index (χ1v) is 18.7. The molecule has 11 aromatic rings. The summed E-state index contributed by atoms with van der Waals surface area (Å²) in [6.45, 7) is 0. The van der Waals surface area contributed by atoms with Gasteiger partial charge < -0.3 is 4.42 Å². The summed E-state index contributed by atoms with van der Waals surface area (Å²) < 4.78 is 9.00. The monoisotopic (exact) mass is 708 g/mol. The Hall–Kier alpha value is -7.02. The number of hydrogen-bond donors (Lipinski definition) is 0. The van der Waals surface area contributed by atoms with Gasteiger partial charge in [-0.05, 0) is 41.5 Å². The van der Waals surface area contributed by atoms with Crippen LogP contribution in [-0.4, -0.2) is 19.9 Å². The van der Waals surface area contributed by atoms with Crippen LogP contribution in [0.5, 0.6) is 0 Å². The lowest BCUT2D eigenvalue weighted by Crippen LogP contribution is -2.00. The Morgan fingerprint density at radius 1 is 0.407 bits per heavy atom. The minimum atomic E-state index is 0.604. The third-order valence-corrected chi connectivity index (χ3v) is 11.4. The van der Waals surface area contributed by atoms with E-state index in [1.165, 1.54) is 25.7 Å². The highest BCUT2D eigenvalue weighted by Gasteiger charge is 2.19. The molecule has 5 nitrogen and oxygen atoms in total. The molecule has 11 rings (SSSR count). The highest BCUT2D eigenvalue weighted by Crippen LogP contribution is 2.42. The summed E-state index contributed by atoms with van der Waals surface area (Å²) in [7, 11) is 0. The van der Waals surface area contributed by atoms with Gasteiger partial charge in [0.2, 0.25) is 0 Å². The van der Waals surface area contributed by atoms with Crippen molar-refractivity contribution in [1.82, 2.24) is 19.9 Å². The first-order chi connectivity index (χ1) is 26.7. The van der Waals surface area contributed by atoms with Crippen molar-refractivity contribution in [2.45, 2.75) is 0 Å². The number of benzene rings is 7. The number of aromatic nitrogens is 4. The second kappa shape index (κ2) is 12.3. The third kappa shape index (κ3) is 4.99. The molecule has 0 aliphatic rings. The minimum absolute atomic E-state index is 0.604. The molecule has 0 fully saturated rings. The summed E-state index contributed by atoms with van der Waals surface area (Å²) in [5.74, 6) is 1.85. The fourth-order valence-corrected chi connectivity index (χ4v) is 8.78. The van der Waals surface area contributed by atoms with E-state index < -0.39 is 0 Å². The second-order valence-electron chi connectivity index (χ2n) is 13.4. The van der Waals surface area contributed by atoms with Gasteiger partial charge in [0, 0.05) is 53.2 Å². The van der Waals surface area contributed by atoms with E-state index in [1.807, 2.05) is 78.1 Å². The van der Waals surface area contributed by atoms with Crippen molar-refractivity contribution in [2.75, 3.05) is 0 Å². The number of thiophene rings is 1. The van der Waals surface area contributed by atoms with Gasteiger partial charge in [-0.1, -0.05) is 140 Å². The Bertz CT molecular complexity index is 3220. The van der Waals surface area contributed by atoms with Crippen LogP contribution >= 0.6 is 11.3 Å². The zero-order valence-corrected chi connectivity index (χ0v) is 29.6. The van der Waals surface area contributed by atoms with Gasteiger partial charge in [0.05, 0.1) is 16.6 Å². The molecule has 6 heteroatoms. The van der Waals surface area contributed by atoms with Crippen LogP contribution in [0.25, 0.3) is 110 Å². The molecular weight excluding hydrogens is 681 g/mol. The van der Waals surface area contributed by atoms with E-state index in [4.69, 9.17) is 24.4 Å². The molecule has 0 radical (unpaired) electrons. The lowest BCUT2D eigenvalue weighted by Gasteiger charge is -2.11. The highest BCUT2D eigenvalue weighted by molar-refractivity contribution is 7.26. The highest BCUT2D eigenvalue weighted by atomic mass is 32.1. The van der Waals surface area contributed by atoms with Crippen LogP contribution in [0.4, 0.5) is 0 Å². The summed E-state index contributed by atoms with van der Waals surface area (Å²) in [4.78, 5) is 20.3. The average Bonchev–Trinajstić information content (AvgIpc) is 3.83. The van der Waals surface area contributed by atoms with Gasteiger partial charge in [-0.15, -0.1) is 11.3 Å². The number of fused-ring (bicyclic) bond motifs is 8. The molecular formula is C48H28N4OS. The zero-order chi connectivity index (χ0) is 35.6. The predicted octanol–water partition coefficient (Wildman–Crippen LogP) is 13.0. The lowest BCUT2D eigenvalue weighted by molar-refractivity contribution is 0.672. The fraction of sp³-hybridized carbons (Fsp3) is 0. The van der Waals surface area contributed by atoms with Gasteiger partial charge in [0.25, 0.3) is 0 Å². The van der Waals surface area contributed by atoms with Crippen LogP contribution < -0.4 is 0 Å². The number of hydrogen-bond acceptors (Lipinski definition) is 6. The number of pyridine rings is 1. The van der Waals surface area contributed by atoms with E-state index in [0.717, 1.165) is 66.4 Å². The van der Waals surface area contributed by atoms with Gasteiger partial charge in [-0.25, -0.2) is 19.9 Å². The molecule has 0 amide bonds. The number of para-hydroxylation sites is 2. The maximum absolute atomic E-state index is 6.44. The predicted molar refractivity (Wildman–Crippen MR) is 222 cm³/mol. The maximum atomic E-state index is 6.44. The fourth-order valence-electron chi connectivity index (χ4n) is 7.55. The molecule has 0 saturated carbocycles. The van der Waals surface area contributed by atoms with Crippen molar-refractivity contribution in [3.8, 4) is 56.5 Å². The van der Waals surface area contributed by atoms with Crippen molar-refractivity contribution in [2.24, 2.45) is 0 Å². The first kappa shape index (κ1) is 30.6. The van der Waals surface area contributed by atoms with Crippen LogP contribution in [-0.2, 0) is 0 Å². The molecule has 7 aromatic carbocycles. The van der Waals surface area contributed by atoms with Crippen molar-refractivity contribution < 1.29 is 4.42 Å². The molecule has 4 aromatic heterocycles. The van der Waals surface area contributed by atoms with Gasteiger partial charge in [-0.3, -0.25) is 0 Å². The van der Waals surface area contributed by atoms with Gasteiger partial charge in [-0.2, -0.15) is 0 Å². The minimum Gasteiger partial charge on any atom is -0.455 e. The summed E-state index contributed by atoms with van der Waals surface area (Å²) in [6.07, 6.45) is 0. The molecule has 252 valence electrons. The Labute approximate surface area is 313 Å². The van der Waals surface area contributed by atoms with Crippen molar-refractivity contribution in [3.05, 3.63) is 170 Å². The van der Waals surface area contributed by atoms with Crippen molar-refractivity contribution >= 4 is 64.4 Å². The van der Waals surface area contributed by atoms with Crippen LogP contribution in [0.3, 0.4) is 0 Å². The Balaban J connectivity index is 1.04.